The first-order chi connectivity index (χ1) is 10.4. The maximum atomic E-state index is 12.0. The van der Waals surface area contributed by atoms with Gasteiger partial charge >= 0.3 is 6.09 Å². The molecule has 1 amide bonds. The summed E-state index contributed by atoms with van der Waals surface area (Å²) in [5.74, 6) is 0. The topological polar surface area (TPSA) is 50.8 Å². The van der Waals surface area contributed by atoms with Gasteiger partial charge in [0.05, 0.1) is 12.3 Å². The van der Waals surface area contributed by atoms with Crippen LogP contribution in [0.2, 0.25) is 0 Å². The van der Waals surface area contributed by atoms with Gasteiger partial charge in [-0.2, -0.15) is 0 Å². The van der Waals surface area contributed by atoms with Gasteiger partial charge in [-0.25, -0.2) is 4.79 Å². The van der Waals surface area contributed by atoms with E-state index in [1.165, 1.54) is 4.90 Å². The van der Waals surface area contributed by atoms with E-state index in [-0.39, 0.29) is 6.09 Å². The maximum Gasteiger partial charge on any atom is 0.414 e. The minimum Gasteiger partial charge on any atom is -0.443 e. The lowest BCUT2D eigenvalue weighted by molar-refractivity contribution is 0.0322. The predicted octanol–water partition coefficient (Wildman–Crippen LogP) is 3.36. The van der Waals surface area contributed by atoms with Gasteiger partial charge in [-0.15, -0.1) is 0 Å². The Morgan fingerprint density at radius 2 is 2.00 bits per heavy atom. The molecule has 1 aliphatic rings. The second kappa shape index (κ2) is 7.13. The number of allylic oxidation sites excluding steroid dienone is 1. The van der Waals surface area contributed by atoms with E-state index in [4.69, 9.17) is 9.57 Å². The summed E-state index contributed by atoms with van der Waals surface area (Å²) in [7, 11) is 0. The van der Waals surface area contributed by atoms with Gasteiger partial charge in [0.15, 0.2) is 0 Å². The third-order valence-electron chi connectivity index (χ3n) is 2.79. The molecule has 0 atom stereocenters. The maximum absolute atomic E-state index is 12.0. The fourth-order valence-corrected chi connectivity index (χ4v) is 1.84. The lowest BCUT2D eigenvalue weighted by Gasteiger charge is -2.26. The first-order valence-corrected chi connectivity index (χ1v) is 7.24. The molecule has 0 saturated carbocycles. The third kappa shape index (κ3) is 5.26. The van der Waals surface area contributed by atoms with Crippen molar-refractivity contribution in [2.45, 2.75) is 33.0 Å². The lowest BCUT2D eigenvalue weighted by atomic mass is 10.2. The van der Waals surface area contributed by atoms with Crippen LogP contribution in [-0.4, -0.2) is 23.1 Å². The summed E-state index contributed by atoms with van der Waals surface area (Å²) in [5.41, 5.74) is 4.10. The largest absolute Gasteiger partial charge is 0.443 e. The van der Waals surface area contributed by atoms with Crippen molar-refractivity contribution in [3.8, 4) is 0 Å². The molecule has 1 aliphatic heterocycles. The molecule has 0 aromatic heterocycles. The number of nitrogens with zero attached hydrogens (tertiary/aromatic N) is 1. The third-order valence-corrected chi connectivity index (χ3v) is 2.79. The van der Waals surface area contributed by atoms with Crippen LogP contribution in [0.15, 0.2) is 54.4 Å². The Kier molecular flexibility index (Phi) is 5.22. The molecule has 2 rings (SSSR count). The number of hydrogen-bond donors (Lipinski definition) is 1. The molecule has 118 valence electrons. The fourth-order valence-electron chi connectivity index (χ4n) is 1.84. The highest BCUT2D eigenvalue weighted by atomic mass is 16.6. The molecule has 0 bridgehead atoms. The van der Waals surface area contributed by atoms with Crippen molar-refractivity contribution in [3.63, 3.8) is 0 Å². The van der Waals surface area contributed by atoms with Crippen LogP contribution in [0.4, 0.5) is 4.79 Å². The number of hydrogen-bond acceptors (Lipinski definition) is 4. The zero-order chi connectivity index (χ0) is 16.0. The SMILES string of the molecule is CC(C)(C)OC(=O)N1C=C(NOCc2ccccc2)C=CC1. The number of benzene rings is 1. The van der Waals surface area contributed by atoms with Gasteiger partial charge in [0.25, 0.3) is 0 Å². The highest BCUT2D eigenvalue weighted by molar-refractivity contribution is 5.70. The molecule has 0 unspecified atom stereocenters. The number of ether oxygens (including phenoxy) is 1. The van der Waals surface area contributed by atoms with Crippen LogP contribution in [0.1, 0.15) is 26.3 Å². The number of nitrogens with one attached hydrogen (secondary N) is 1. The van der Waals surface area contributed by atoms with Gasteiger partial charge in [0.2, 0.25) is 0 Å². The predicted molar refractivity (Wildman–Crippen MR) is 84.5 cm³/mol. The van der Waals surface area contributed by atoms with Gasteiger partial charge in [0, 0.05) is 12.7 Å². The average molecular weight is 302 g/mol. The summed E-state index contributed by atoms with van der Waals surface area (Å²) in [4.78, 5) is 19.0. The Morgan fingerprint density at radius 3 is 2.68 bits per heavy atom. The normalized spacial score (nSPS) is 14.5. The molecule has 1 aromatic carbocycles. The van der Waals surface area contributed by atoms with Crippen LogP contribution in [-0.2, 0) is 16.2 Å². The van der Waals surface area contributed by atoms with Crippen molar-refractivity contribution < 1.29 is 14.4 Å². The summed E-state index contributed by atoms with van der Waals surface area (Å²) < 4.78 is 5.34. The van der Waals surface area contributed by atoms with Crippen molar-refractivity contribution in [3.05, 3.63) is 59.9 Å². The minimum atomic E-state index is -0.510. The van der Waals surface area contributed by atoms with E-state index in [0.29, 0.717) is 18.8 Å². The quantitative estimate of drug-likeness (QED) is 0.867. The standard InChI is InChI=1S/C17H22N2O3/c1-17(2,3)22-16(20)19-11-7-10-15(12-19)18-21-13-14-8-5-4-6-9-14/h4-10,12,18H,11,13H2,1-3H3. The summed E-state index contributed by atoms with van der Waals surface area (Å²) in [6.45, 7) is 6.46. The first-order valence-electron chi connectivity index (χ1n) is 7.24. The summed E-state index contributed by atoms with van der Waals surface area (Å²) in [6.07, 6.45) is 5.04. The van der Waals surface area contributed by atoms with E-state index in [1.807, 2.05) is 63.3 Å². The molecule has 0 spiro atoms. The summed E-state index contributed by atoms with van der Waals surface area (Å²) in [5, 5.41) is 0. The lowest BCUT2D eigenvalue weighted by Crippen LogP contribution is -2.35. The number of carbonyl (C=O) groups excluding carboxylic acids is 1. The zero-order valence-electron chi connectivity index (χ0n) is 13.2. The molecule has 1 aromatic rings. The highest BCUT2D eigenvalue weighted by Crippen LogP contribution is 2.13. The van der Waals surface area contributed by atoms with Crippen LogP contribution < -0.4 is 5.48 Å². The number of hydroxylamine groups is 1. The molecule has 0 radical (unpaired) electrons. The van der Waals surface area contributed by atoms with Gasteiger partial charge in [-0.1, -0.05) is 36.4 Å². The molecule has 0 fully saturated rings. The monoisotopic (exact) mass is 302 g/mol. The average Bonchev–Trinajstić information content (AvgIpc) is 2.47. The Balaban J connectivity index is 1.85. The van der Waals surface area contributed by atoms with Crippen LogP contribution in [0.25, 0.3) is 0 Å². The number of carbonyl (C=O) groups is 1. The molecule has 0 aliphatic carbocycles. The number of amides is 1. The summed E-state index contributed by atoms with van der Waals surface area (Å²) >= 11 is 0. The molecule has 1 heterocycles. The van der Waals surface area contributed by atoms with E-state index in [1.54, 1.807) is 6.20 Å². The van der Waals surface area contributed by atoms with E-state index >= 15 is 0 Å². The van der Waals surface area contributed by atoms with Gasteiger partial charge in [0.1, 0.15) is 5.60 Å². The summed E-state index contributed by atoms with van der Waals surface area (Å²) in [6, 6.07) is 9.85. The second-order valence-electron chi connectivity index (χ2n) is 6.00. The molecular weight excluding hydrogens is 280 g/mol. The van der Waals surface area contributed by atoms with Crippen molar-refractivity contribution in [2.75, 3.05) is 6.54 Å². The molecule has 0 saturated heterocycles. The Bertz CT molecular complexity index is 559. The Hall–Kier alpha value is -2.27. The Morgan fingerprint density at radius 1 is 1.27 bits per heavy atom. The van der Waals surface area contributed by atoms with Gasteiger partial charge in [-0.05, 0) is 32.4 Å². The second-order valence-corrected chi connectivity index (χ2v) is 6.00. The van der Waals surface area contributed by atoms with E-state index in [9.17, 15) is 4.79 Å². The van der Waals surface area contributed by atoms with Crippen molar-refractivity contribution >= 4 is 6.09 Å². The molecular formula is C17H22N2O3. The minimum absolute atomic E-state index is 0.376. The van der Waals surface area contributed by atoms with Crippen LogP contribution in [0.5, 0.6) is 0 Å². The van der Waals surface area contributed by atoms with E-state index < -0.39 is 5.60 Å². The molecule has 22 heavy (non-hydrogen) atoms. The van der Waals surface area contributed by atoms with E-state index in [2.05, 4.69) is 5.48 Å². The van der Waals surface area contributed by atoms with Crippen LogP contribution in [0, 0.1) is 0 Å². The molecule has 5 nitrogen and oxygen atoms in total. The fraction of sp³-hybridized carbons (Fsp3) is 0.353. The van der Waals surface area contributed by atoms with Gasteiger partial charge < -0.3 is 4.74 Å². The Labute approximate surface area is 131 Å². The van der Waals surface area contributed by atoms with Gasteiger partial charge in [-0.3, -0.25) is 15.2 Å². The smallest absolute Gasteiger partial charge is 0.414 e. The van der Waals surface area contributed by atoms with E-state index in [0.717, 1.165) is 5.56 Å². The first kappa shape index (κ1) is 16.1. The number of rotatable bonds is 4. The van der Waals surface area contributed by atoms with Crippen molar-refractivity contribution in [2.24, 2.45) is 0 Å². The molecule has 5 heteroatoms. The van der Waals surface area contributed by atoms with Crippen molar-refractivity contribution in [1.82, 2.24) is 10.4 Å². The highest BCUT2D eigenvalue weighted by Gasteiger charge is 2.21. The van der Waals surface area contributed by atoms with Crippen LogP contribution in [0.3, 0.4) is 0 Å². The molecule has 1 N–H and O–H groups in total. The zero-order valence-corrected chi connectivity index (χ0v) is 13.2. The van der Waals surface area contributed by atoms with Crippen molar-refractivity contribution in [1.29, 1.82) is 0 Å². The van der Waals surface area contributed by atoms with Crippen LogP contribution >= 0.6 is 0 Å².